The van der Waals surface area contributed by atoms with Gasteiger partial charge in [0, 0.05) is 12.1 Å². The second-order valence-electron chi connectivity index (χ2n) is 7.94. The lowest BCUT2D eigenvalue weighted by Crippen LogP contribution is -2.30. The molecule has 2 aliphatic rings. The lowest BCUT2D eigenvalue weighted by Gasteiger charge is -2.10. The minimum absolute atomic E-state index is 0.179. The predicted molar refractivity (Wildman–Crippen MR) is 107 cm³/mol. The van der Waals surface area contributed by atoms with E-state index in [0.29, 0.717) is 23.0 Å². The highest BCUT2D eigenvalue weighted by Crippen LogP contribution is 2.13. The summed E-state index contributed by atoms with van der Waals surface area (Å²) in [7, 11) is -5.53. The van der Waals surface area contributed by atoms with Gasteiger partial charge in [-0.25, -0.2) is 16.8 Å². The van der Waals surface area contributed by atoms with Crippen molar-refractivity contribution in [1.82, 2.24) is 10.6 Å². The molecule has 0 aliphatic carbocycles. The zero-order valence-corrected chi connectivity index (χ0v) is 17.6. The van der Waals surface area contributed by atoms with Gasteiger partial charge in [0.05, 0.1) is 23.0 Å². The van der Waals surface area contributed by atoms with Crippen molar-refractivity contribution in [2.75, 3.05) is 36.1 Å². The number of nitrogens with one attached hydrogen (secondary N) is 2. The molecule has 2 rings (SSSR count). The second-order valence-corrected chi connectivity index (χ2v) is 12.4. The molecule has 6 nitrogen and oxygen atoms in total. The Morgan fingerprint density at radius 3 is 1.23 bits per heavy atom. The molecule has 2 atom stereocenters. The number of hydrogen-bond acceptors (Lipinski definition) is 6. The van der Waals surface area contributed by atoms with Crippen LogP contribution >= 0.6 is 0 Å². The maximum atomic E-state index is 11.4. The molecule has 2 saturated heterocycles. The van der Waals surface area contributed by atoms with Gasteiger partial charge in [-0.05, 0) is 38.8 Å². The van der Waals surface area contributed by atoms with Crippen LogP contribution in [0.15, 0.2) is 0 Å². The topological polar surface area (TPSA) is 92.3 Å². The molecular formula is C18H36N2O4S2. The summed E-state index contributed by atoms with van der Waals surface area (Å²) in [6.07, 6.45) is 11.3. The van der Waals surface area contributed by atoms with E-state index in [1.165, 1.54) is 38.5 Å². The van der Waals surface area contributed by atoms with Gasteiger partial charge in [0.15, 0.2) is 19.7 Å². The summed E-state index contributed by atoms with van der Waals surface area (Å²) in [5.41, 5.74) is 0. The lowest BCUT2D eigenvalue weighted by atomic mass is 10.1. The number of rotatable bonds is 13. The monoisotopic (exact) mass is 408 g/mol. The number of sulfone groups is 2. The SMILES string of the molecule is O=S1(=O)CCC(NCCCCCCCCCCNC2CCS(=O)(=O)C2)C1. The van der Waals surface area contributed by atoms with E-state index in [-0.39, 0.29) is 12.1 Å². The van der Waals surface area contributed by atoms with Crippen LogP contribution < -0.4 is 10.6 Å². The molecule has 0 aromatic carbocycles. The van der Waals surface area contributed by atoms with Crippen LogP contribution in [0.3, 0.4) is 0 Å². The van der Waals surface area contributed by atoms with Crippen LogP contribution in [0.2, 0.25) is 0 Å². The first-order chi connectivity index (χ1) is 12.4. The van der Waals surface area contributed by atoms with Crippen molar-refractivity contribution in [3.8, 4) is 0 Å². The van der Waals surface area contributed by atoms with Crippen molar-refractivity contribution < 1.29 is 16.8 Å². The van der Waals surface area contributed by atoms with E-state index in [9.17, 15) is 16.8 Å². The fourth-order valence-electron chi connectivity index (χ4n) is 3.84. The van der Waals surface area contributed by atoms with Crippen LogP contribution in [0.4, 0.5) is 0 Å². The van der Waals surface area contributed by atoms with Crippen molar-refractivity contribution in [3.63, 3.8) is 0 Å². The largest absolute Gasteiger partial charge is 0.313 e. The highest BCUT2D eigenvalue weighted by atomic mass is 32.2. The minimum Gasteiger partial charge on any atom is -0.313 e. The zero-order chi connectivity index (χ0) is 18.9. The van der Waals surface area contributed by atoms with Crippen LogP contribution in [0.5, 0.6) is 0 Å². The van der Waals surface area contributed by atoms with E-state index in [4.69, 9.17) is 0 Å². The Balaban J connectivity index is 1.30. The van der Waals surface area contributed by atoms with Crippen LogP contribution in [-0.4, -0.2) is 65.0 Å². The molecule has 2 fully saturated rings. The van der Waals surface area contributed by atoms with E-state index in [1.807, 2.05) is 0 Å². The summed E-state index contributed by atoms with van der Waals surface area (Å²) >= 11 is 0. The third kappa shape index (κ3) is 9.15. The first-order valence-corrected chi connectivity index (χ1v) is 13.9. The van der Waals surface area contributed by atoms with Gasteiger partial charge in [-0.15, -0.1) is 0 Å². The van der Waals surface area contributed by atoms with Crippen molar-refractivity contribution in [1.29, 1.82) is 0 Å². The minimum atomic E-state index is -2.76. The molecule has 0 spiro atoms. The Bertz CT molecular complexity index is 551. The van der Waals surface area contributed by atoms with Gasteiger partial charge in [0.1, 0.15) is 0 Å². The average Bonchev–Trinajstić information content (AvgIpc) is 3.09. The standard InChI is InChI=1S/C18H36N2O4S2/c21-25(22)13-9-17(15-25)19-11-7-5-3-1-2-4-6-8-12-20-18-10-14-26(23,24)16-18/h17-20H,1-16H2. The van der Waals surface area contributed by atoms with Crippen LogP contribution in [0.25, 0.3) is 0 Å². The summed E-state index contributed by atoms with van der Waals surface area (Å²) in [6, 6.07) is 0.357. The maximum Gasteiger partial charge on any atom is 0.151 e. The molecule has 0 saturated carbocycles. The van der Waals surface area contributed by atoms with Crippen LogP contribution in [0, 0.1) is 0 Å². The highest BCUT2D eigenvalue weighted by molar-refractivity contribution is 7.91. The van der Waals surface area contributed by atoms with Crippen LogP contribution in [0.1, 0.15) is 64.2 Å². The van der Waals surface area contributed by atoms with Gasteiger partial charge >= 0.3 is 0 Å². The zero-order valence-electron chi connectivity index (χ0n) is 15.9. The summed E-state index contributed by atoms with van der Waals surface area (Å²) in [5, 5.41) is 6.73. The summed E-state index contributed by atoms with van der Waals surface area (Å²) < 4.78 is 45.5. The smallest absolute Gasteiger partial charge is 0.151 e. The van der Waals surface area contributed by atoms with Gasteiger partial charge < -0.3 is 10.6 Å². The summed E-state index contributed by atoms with van der Waals surface area (Å²) in [6.45, 7) is 1.87. The first kappa shape index (κ1) is 22.1. The predicted octanol–water partition coefficient (Wildman–Crippen LogP) is 1.66. The fraction of sp³-hybridized carbons (Fsp3) is 1.00. The fourth-order valence-corrected chi connectivity index (χ4v) is 7.25. The summed E-state index contributed by atoms with van der Waals surface area (Å²) in [5.74, 6) is 1.33. The molecule has 154 valence electrons. The Labute approximate surface area is 159 Å². The molecule has 0 aromatic heterocycles. The Hall–Kier alpha value is -0.180. The van der Waals surface area contributed by atoms with Gasteiger partial charge in [0.2, 0.25) is 0 Å². The summed E-state index contributed by atoms with van der Waals surface area (Å²) in [4.78, 5) is 0. The average molecular weight is 409 g/mol. The van der Waals surface area contributed by atoms with Gasteiger partial charge in [0.25, 0.3) is 0 Å². The molecule has 2 heterocycles. The number of hydrogen-bond donors (Lipinski definition) is 2. The molecule has 0 radical (unpaired) electrons. The molecule has 2 aliphatic heterocycles. The molecular weight excluding hydrogens is 372 g/mol. The Morgan fingerprint density at radius 2 is 0.923 bits per heavy atom. The second kappa shape index (κ2) is 11.0. The Kier molecular flexibility index (Phi) is 9.33. The van der Waals surface area contributed by atoms with E-state index in [1.54, 1.807) is 0 Å². The molecule has 2 unspecified atom stereocenters. The maximum absolute atomic E-state index is 11.4. The Morgan fingerprint density at radius 1 is 0.577 bits per heavy atom. The third-order valence-electron chi connectivity index (χ3n) is 5.43. The lowest BCUT2D eigenvalue weighted by molar-refractivity contribution is 0.501. The van der Waals surface area contributed by atoms with Crippen molar-refractivity contribution in [2.24, 2.45) is 0 Å². The van der Waals surface area contributed by atoms with E-state index in [2.05, 4.69) is 10.6 Å². The molecule has 2 N–H and O–H groups in total. The van der Waals surface area contributed by atoms with E-state index < -0.39 is 19.7 Å². The molecule has 0 bridgehead atoms. The van der Waals surface area contributed by atoms with Gasteiger partial charge in [-0.1, -0.05) is 38.5 Å². The van der Waals surface area contributed by atoms with E-state index >= 15 is 0 Å². The third-order valence-corrected chi connectivity index (χ3v) is 8.97. The van der Waals surface area contributed by atoms with Crippen molar-refractivity contribution in [3.05, 3.63) is 0 Å². The van der Waals surface area contributed by atoms with Crippen molar-refractivity contribution in [2.45, 2.75) is 76.3 Å². The first-order valence-electron chi connectivity index (χ1n) is 10.2. The van der Waals surface area contributed by atoms with Gasteiger partial charge in [-0.2, -0.15) is 0 Å². The van der Waals surface area contributed by atoms with Crippen molar-refractivity contribution >= 4 is 19.7 Å². The van der Waals surface area contributed by atoms with E-state index in [0.717, 1.165) is 38.8 Å². The molecule has 0 aromatic rings. The molecule has 26 heavy (non-hydrogen) atoms. The highest BCUT2D eigenvalue weighted by Gasteiger charge is 2.27. The number of unbranched alkanes of at least 4 members (excludes halogenated alkanes) is 7. The van der Waals surface area contributed by atoms with Gasteiger partial charge in [-0.3, -0.25) is 0 Å². The molecule has 0 amide bonds. The quantitative estimate of drug-likeness (QED) is 0.450. The normalized spacial score (nSPS) is 27.1. The molecule has 8 heteroatoms. The van der Waals surface area contributed by atoms with Crippen LogP contribution in [-0.2, 0) is 19.7 Å².